The van der Waals surface area contributed by atoms with Crippen molar-refractivity contribution in [2.24, 2.45) is 7.05 Å². The van der Waals surface area contributed by atoms with Crippen molar-refractivity contribution in [2.75, 3.05) is 20.1 Å². The third-order valence-corrected chi connectivity index (χ3v) is 2.41. The van der Waals surface area contributed by atoms with E-state index in [0.29, 0.717) is 0 Å². The first-order valence-corrected chi connectivity index (χ1v) is 6.07. The van der Waals surface area contributed by atoms with E-state index < -0.39 is 0 Å². The third-order valence-electron chi connectivity index (χ3n) is 2.41. The maximum Gasteiger partial charge on any atom is 0.147 e. The van der Waals surface area contributed by atoms with Crippen molar-refractivity contribution in [2.45, 2.75) is 40.0 Å². The molecule has 1 saturated heterocycles. The summed E-state index contributed by atoms with van der Waals surface area (Å²) in [4.78, 5) is 2.39. The average molecular weight is 227 g/mol. The maximum atomic E-state index is 3.62. The van der Waals surface area contributed by atoms with Gasteiger partial charge in [0.15, 0.2) is 0 Å². The van der Waals surface area contributed by atoms with Crippen LogP contribution in [0.15, 0.2) is 0 Å². The van der Waals surface area contributed by atoms with Crippen LogP contribution in [-0.2, 0) is 7.05 Å². The van der Waals surface area contributed by atoms with Crippen LogP contribution < -0.4 is 0 Å². The Labute approximate surface area is 98.8 Å². The summed E-state index contributed by atoms with van der Waals surface area (Å²) >= 11 is 0. The summed E-state index contributed by atoms with van der Waals surface area (Å²) in [5.74, 6) is 0.833. The first kappa shape index (κ1) is 15.0. The fraction of sp³-hybridized carbons (Fsp3) is 0.909. The Morgan fingerprint density at radius 3 is 1.75 bits per heavy atom. The van der Waals surface area contributed by atoms with E-state index in [1.807, 2.05) is 20.8 Å². The Morgan fingerprint density at radius 1 is 1.00 bits per heavy atom. The van der Waals surface area contributed by atoms with Crippen molar-refractivity contribution in [3.8, 4) is 0 Å². The minimum absolute atomic E-state index is 0.833. The van der Waals surface area contributed by atoms with Gasteiger partial charge in [-0.15, -0.1) is 5.10 Å². The third kappa shape index (κ3) is 6.50. The van der Waals surface area contributed by atoms with Crippen molar-refractivity contribution in [1.82, 2.24) is 25.1 Å². The smallest absolute Gasteiger partial charge is 0.147 e. The SMILES string of the molecule is CC.CN1CCCCC1.Cc1nnnn1C. The summed E-state index contributed by atoms with van der Waals surface area (Å²) in [6.07, 6.45) is 4.28. The van der Waals surface area contributed by atoms with E-state index in [0.717, 1.165) is 5.82 Å². The van der Waals surface area contributed by atoms with Crippen LogP contribution in [0.3, 0.4) is 0 Å². The molecule has 1 aliphatic heterocycles. The lowest BCUT2D eigenvalue weighted by Crippen LogP contribution is -2.24. The maximum absolute atomic E-state index is 3.62. The molecular formula is C11H25N5. The summed E-state index contributed by atoms with van der Waals surface area (Å²) in [5, 5.41) is 10.6. The first-order valence-electron chi connectivity index (χ1n) is 6.07. The summed E-state index contributed by atoms with van der Waals surface area (Å²) in [6, 6.07) is 0. The van der Waals surface area contributed by atoms with E-state index in [9.17, 15) is 0 Å². The van der Waals surface area contributed by atoms with E-state index in [2.05, 4.69) is 27.5 Å². The van der Waals surface area contributed by atoms with Gasteiger partial charge in [0.05, 0.1) is 0 Å². The zero-order valence-electron chi connectivity index (χ0n) is 11.3. The molecule has 0 radical (unpaired) electrons. The van der Waals surface area contributed by atoms with Crippen LogP contribution >= 0.6 is 0 Å². The largest absolute Gasteiger partial charge is 0.306 e. The Kier molecular flexibility index (Phi) is 8.71. The number of nitrogens with zero attached hydrogens (tertiary/aromatic N) is 5. The Hall–Kier alpha value is -0.970. The fourth-order valence-corrected chi connectivity index (χ4v) is 1.33. The van der Waals surface area contributed by atoms with Crippen LogP contribution in [0.25, 0.3) is 0 Å². The van der Waals surface area contributed by atoms with Gasteiger partial charge in [-0.25, -0.2) is 4.68 Å². The molecule has 1 aromatic rings. The molecule has 5 heteroatoms. The lowest BCUT2D eigenvalue weighted by atomic mass is 10.1. The molecule has 0 atom stereocenters. The predicted octanol–water partition coefficient (Wildman–Crippen LogP) is 1.65. The molecular weight excluding hydrogens is 202 g/mol. The van der Waals surface area contributed by atoms with E-state index in [4.69, 9.17) is 0 Å². The zero-order valence-corrected chi connectivity index (χ0v) is 11.3. The van der Waals surface area contributed by atoms with Crippen molar-refractivity contribution in [1.29, 1.82) is 0 Å². The number of aromatic nitrogens is 4. The van der Waals surface area contributed by atoms with E-state index in [-0.39, 0.29) is 0 Å². The van der Waals surface area contributed by atoms with Crippen molar-refractivity contribution < 1.29 is 0 Å². The second-order valence-electron chi connectivity index (χ2n) is 3.71. The first-order chi connectivity index (χ1) is 7.70. The topological polar surface area (TPSA) is 46.8 Å². The van der Waals surface area contributed by atoms with Gasteiger partial charge in [-0.05, 0) is 50.3 Å². The highest BCUT2D eigenvalue weighted by atomic mass is 15.5. The molecule has 0 aromatic carbocycles. The Bertz CT molecular complexity index is 236. The fourth-order valence-electron chi connectivity index (χ4n) is 1.33. The number of hydrogen-bond donors (Lipinski definition) is 0. The number of hydrogen-bond acceptors (Lipinski definition) is 4. The highest BCUT2D eigenvalue weighted by molar-refractivity contribution is 4.69. The highest BCUT2D eigenvalue weighted by Crippen LogP contribution is 2.04. The molecule has 94 valence electrons. The van der Waals surface area contributed by atoms with Crippen LogP contribution in [0, 0.1) is 6.92 Å². The van der Waals surface area contributed by atoms with Gasteiger partial charge in [0, 0.05) is 7.05 Å². The van der Waals surface area contributed by atoms with Gasteiger partial charge in [0.1, 0.15) is 5.82 Å². The van der Waals surface area contributed by atoms with Crippen LogP contribution in [0.2, 0.25) is 0 Å². The van der Waals surface area contributed by atoms with Crippen molar-refractivity contribution in [3.05, 3.63) is 5.82 Å². The van der Waals surface area contributed by atoms with Crippen molar-refractivity contribution in [3.63, 3.8) is 0 Å². The molecule has 5 nitrogen and oxygen atoms in total. The molecule has 0 unspecified atom stereocenters. The van der Waals surface area contributed by atoms with Gasteiger partial charge in [-0.3, -0.25) is 0 Å². The van der Waals surface area contributed by atoms with Crippen LogP contribution in [0.5, 0.6) is 0 Å². The van der Waals surface area contributed by atoms with E-state index >= 15 is 0 Å². The van der Waals surface area contributed by atoms with Gasteiger partial charge in [0.2, 0.25) is 0 Å². The Balaban J connectivity index is 0.000000244. The number of rotatable bonds is 0. The number of aryl methyl sites for hydroxylation is 2. The average Bonchev–Trinajstić information content (AvgIpc) is 2.68. The van der Waals surface area contributed by atoms with Gasteiger partial charge in [0.25, 0.3) is 0 Å². The predicted molar refractivity (Wildman–Crippen MR) is 66.2 cm³/mol. The van der Waals surface area contributed by atoms with Crippen LogP contribution in [0.1, 0.15) is 38.9 Å². The number of piperidine rings is 1. The standard InChI is InChI=1S/C6H13N.C3H6N4.C2H6/c1-7-5-3-2-4-6-7;1-3-4-5-6-7(3)2;1-2/h2-6H2,1H3;1-2H3;1-2H3. The molecule has 0 amide bonds. The molecule has 16 heavy (non-hydrogen) atoms. The monoisotopic (exact) mass is 227 g/mol. The van der Waals surface area contributed by atoms with Crippen LogP contribution in [0.4, 0.5) is 0 Å². The minimum atomic E-state index is 0.833. The Morgan fingerprint density at radius 2 is 1.56 bits per heavy atom. The molecule has 2 heterocycles. The second kappa shape index (κ2) is 9.27. The summed E-state index contributed by atoms with van der Waals surface area (Å²) in [6.45, 7) is 8.49. The lowest BCUT2D eigenvalue weighted by molar-refractivity contribution is 0.277. The molecule has 2 rings (SSSR count). The molecule has 1 aliphatic rings. The van der Waals surface area contributed by atoms with E-state index in [1.54, 1.807) is 11.7 Å². The molecule has 1 aromatic heterocycles. The van der Waals surface area contributed by atoms with Gasteiger partial charge in [-0.2, -0.15) is 0 Å². The molecule has 0 spiro atoms. The lowest BCUT2D eigenvalue weighted by Gasteiger charge is -2.20. The second-order valence-corrected chi connectivity index (χ2v) is 3.71. The van der Waals surface area contributed by atoms with Gasteiger partial charge < -0.3 is 4.90 Å². The van der Waals surface area contributed by atoms with Crippen molar-refractivity contribution >= 4 is 0 Å². The molecule has 0 bridgehead atoms. The highest BCUT2D eigenvalue weighted by Gasteiger charge is 2.02. The van der Waals surface area contributed by atoms with E-state index in [1.165, 1.54) is 32.4 Å². The minimum Gasteiger partial charge on any atom is -0.306 e. The zero-order chi connectivity index (χ0) is 12.4. The molecule has 1 fully saturated rings. The summed E-state index contributed by atoms with van der Waals surface area (Å²) < 4.78 is 1.61. The normalized spacial score (nSPS) is 15.6. The quantitative estimate of drug-likeness (QED) is 0.676. The molecule has 0 saturated carbocycles. The van der Waals surface area contributed by atoms with Gasteiger partial charge in [-0.1, -0.05) is 20.3 Å². The van der Waals surface area contributed by atoms with Crippen LogP contribution in [-0.4, -0.2) is 45.2 Å². The molecule has 0 N–H and O–H groups in total. The molecule has 0 aliphatic carbocycles. The number of likely N-dealkylation sites (tertiary alicyclic amines) is 1. The van der Waals surface area contributed by atoms with Gasteiger partial charge >= 0.3 is 0 Å². The summed E-state index contributed by atoms with van der Waals surface area (Å²) in [5.41, 5.74) is 0. The summed E-state index contributed by atoms with van der Waals surface area (Å²) in [7, 11) is 3.99. The number of tetrazole rings is 1.